The van der Waals surface area contributed by atoms with Gasteiger partial charge in [-0.3, -0.25) is 4.90 Å². The molecule has 1 aliphatic carbocycles. The van der Waals surface area contributed by atoms with E-state index in [1.807, 2.05) is 4.90 Å². The lowest BCUT2D eigenvalue weighted by atomic mass is 9.93. The monoisotopic (exact) mass is 237 g/mol. The van der Waals surface area contributed by atoms with Gasteiger partial charge in [0.1, 0.15) is 0 Å². The Morgan fingerprint density at radius 3 is 2.65 bits per heavy atom. The van der Waals surface area contributed by atoms with E-state index in [4.69, 9.17) is 0 Å². The summed E-state index contributed by atoms with van der Waals surface area (Å²) in [5.74, 6) is 0. The summed E-state index contributed by atoms with van der Waals surface area (Å²) >= 11 is 0. The first-order valence-corrected chi connectivity index (χ1v) is 7.12. The number of hydrogen-bond donors (Lipinski definition) is 1. The van der Waals surface area contributed by atoms with Gasteiger partial charge in [0.2, 0.25) is 0 Å². The van der Waals surface area contributed by atoms with Crippen molar-refractivity contribution < 1.29 is 4.79 Å². The maximum atomic E-state index is 12.1. The molecule has 2 heterocycles. The van der Waals surface area contributed by atoms with E-state index >= 15 is 0 Å². The number of fused-ring (bicyclic) bond motifs is 1. The third kappa shape index (κ3) is 2.41. The molecule has 2 saturated heterocycles. The Bertz CT molecular complexity index is 290. The van der Waals surface area contributed by atoms with E-state index in [2.05, 4.69) is 10.2 Å². The zero-order valence-electron chi connectivity index (χ0n) is 10.5. The first kappa shape index (κ1) is 11.3. The van der Waals surface area contributed by atoms with Gasteiger partial charge in [-0.1, -0.05) is 6.42 Å². The topological polar surface area (TPSA) is 35.6 Å². The molecule has 0 radical (unpaired) electrons. The maximum Gasteiger partial charge on any atom is 0.317 e. The SMILES string of the molecule is O=C(NC1CCC1)N1CCN2CCCCC2C1. The van der Waals surface area contributed by atoms with Gasteiger partial charge in [0.25, 0.3) is 0 Å². The molecule has 96 valence electrons. The molecule has 17 heavy (non-hydrogen) atoms. The largest absolute Gasteiger partial charge is 0.335 e. The highest BCUT2D eigenvalue weighted by Crippen LogP contribution is 2.22. The third-order valence-electron chi connectivity index (χ3n) is 4.56. The Balaban J connectivity index is 1.52. The number of rotatable bonds is 1. The first-order chi connectivity index (χ1) is 8.33. The summed E-state index contributed by atoms with van der Waals surface area (Å²) in [4.78, 5) is 16.7. The molecule has 0 bridgehead atoms. The van der Waals surface area contributed by atoms with Crippen LogP contribution in [0.2, 0.25) is 0 Å². The van der Waals surface area contributed by atoms with Crippen LogP contribution < -0.4 is 5.32 Å². The minimum absolute atomic E-state index is 0.180. The van der Waals surface area contributed by atoms with E-state index in [1.165, 1.54) is 45.1 Å². The van der Waals surface area contributed by atoms with E-state index in [1.54, 1.807) is 0 Å². The predicted molar refractivity (Wildman–Crippen MR) is 67.0 cm³/mol. The van der Waals surface area contributed by atoms with Crippen molar-refractivity contribution in [3.05, 3.63) is 0 Å². The Morgan fingerprint density at radius 1 is 1.00 bits per heavy atom. The van der Waals surface area contributed by atoms with E-state index in [0.717, 1.165) is 19.6 Å². The van der Waals surface area contributed by atoms with E-state index in [9.17, 15) is 4.79 Å². The van der Waals surface area contributed by atoms with Crippen molar-refractivity contribution in [1.82, 2.24) is 15.1 Å². The summed E-state index contributed by atoms with van der Waals surface area (Å²) in [6.45, 7) is 4.17. The number of urea groups is 1. The zero-order valence-corrected chi connectivity index (χ0v) is 10.5. The fraction of sp³-hybridized carbons (Fsp3) is 0.923. The Hall–Kier alpha value is -0.770. The number of amides is 2. The summed E-state index contributed by atoms with van der Waals surface area (Å²) in [5, 5.41) is 3.15. The second kappa shape index (κ2) is 4.84. The summed E-state index contributed by atoms with van der Waals surface area (Å²) in [7, 11) is 0. The molecule has 3 rings (SSSR count). The quantitative estimate of drug-likeness (QED) is 0.748. The van der Waals surface area contributed by atoms with Crippen LogP contribution in [-0.2, 0) is 0 Å². The van der Waals surface area contributed by atoms with Crippen molar-refractivity contribution in [2.45, 2.75) is 50.6 Å². The van der Waals surface area contributed by atoms with Crippen molar-refractivity contribution in [2.24, 2.45) is 0 Å². The Kier molecular flexibility index (Phi) is 3.23. The van der Waals surface area contributed by atoms with Crippen LogP contribution >= 0.6 is 0 Å². The van der Waals surface area contributed by atoms with Crippen LogP contribution in [-0.4, -0.2) is 54.1 Å². The highest BCUT2D eigenvalue weighted by molar-refractivity contribution is 5.74. The summed E-state index contributed by atoms with van der Waals surface area (Å²) < 4.78 is 0. The molecule has 1 unspecified atom stereocenters. The lowest BCUT2D eigenvalue weighted by Gasteiger charge is -2.44. The molecule has 2 amide bonds. The average Bonchev–Trinajstić information content (AvgIpc) is 2.33. The minimum Gasteiger partial charge on any atom is -0.335 e. The number of nitrogens with one attached hydrogen (secondary N) is 1. The van der Waals surface area contributed by atoms with Crippen LogP contribution in [0.1, 0.15) is 38.5 Å². The van der Waals surface area contributed by atoms with Crippen LogP contribution in [0.25, 0.3) is 0 Å². The van der Waals surface area contributed by atoms with Crippen molar-refractivity contribution in [2.75, 3.05) is 26.2 Å². The van der Waals surface area contributed by atoms with Gasteiger partial charge in [0, 0.05) is 31.7 Å². The number of hydrogen-bond acceptors (Lipinski definition) is 2. The number of piperidine rings is 1. The van der Waals surface area contributed by atoms with E-state index < -0.39 is 0 Å². The minimum atomic E-state index is 0.180. The molecule has 1 N–H and O–H groups in total. The van der Waals surface area contributed by atoms with Gasteiger partial charge in [-0.25, -0.2) is 4.79 Å². The van der Waals surface area contributed by atoms with Gasteiger partial charge < -0.3 is 10.2 Å². The number of carbonyl (C=O) groups is 1. The number of nitrogens with zero attached hydrogens (tertiary/aromatic N) is 2. The van der Waals surface area contributed by atoms with Crippen molar-refractivity contribution in [1.29, 1.82) is 0 Å². The molecule has 0 aromatic carbocycles. The molecular weight excluding hydrogens is 214 g/mol. The standard InChI is InChI=1S/C13H23N3O/c17-13(14-11-4-3-5-11)16-9-8-15-7-2-1-6-12(15)10-16/h11-12H,1-10H2,(H,14,17). The van der Waals surface area contributed by atoms with E-state index in [0.29, 0.717) is 12.1 Å². The van der Waals surface area contributed by atoms with Crippen LogP contribution in [0.4, 0.5) is 4.79 Å². The van der Waals surface area contributed by atoms with Gasteiger partial charge >= 0.3 is 6.03 Å². The third-order valence-corrected chi connectivity index (χ3v) is 4.56. The zero-order chi connectivity index (χ0) is 11.7. The summed E-state index contributed by atoms with van der Waals surface area (Å²) in [6, 6.07) is 1.27. The molecule has 2 aliphatic heterocycles. The van der Waals surface area contributed by atoms with Gasteiger partial charge in [-0.15, -0.1) is 0 Å². The van der Waals surface area contributed by atoms with Crippen LogP contribution in [0.5, 0.6) is 0 Å². The average molecular weight is 237 g/mol. The molecule has 3 aliphatic rings. The maximum absolute atomic E-state index is 12.1. The van der Waals surface area contributed by atoms with Crippen LogP contribution in [0.3, 0.4) is 0 Å². The second-order valence-corrected chi connectivity index (χ2v) is 5.71. The molecule has 0 spiro atoms. The molecule has 1 saturated carbocycles. The van der Waals surface area contributed by atoms with E-state index in [-0.39, 0.29) is 6.03 Å². The molecule has 0 aromatic rings. The fourth-order valence-corrected chi connectivity index (χ4v) is 3.16. The fourth-order valence-electron chi connectivity index (χ4n) is 3.16. The van der Waals surface area contributed by atoms with Gasteiger partial charge in [0.05, 0.1) is 0 Å². The predicted octanol–water partition coefficient (Wildman–Crippen LogP) is 1.42. The molecule has 4 heteroatoms. The summed E-state index contributed by atoms with van der Waals surface area (Å²) in [6.07, 6.45) is 7.57. The Labute approximate surface area is 103 Å². The highest BCUT2D eigenvalue weighted by Gasteiger charge is 2.32. The molecule has 4 nitrogen and oxygen atoms in total. The molecular formula is C13H23N3O. The molecule has 3 fully saturated rings. The number of carbonyl (C=O) groups excluding carboxylic acids is 1. The van der Waals surface area contributed by atoms with Crippen LogP contribution in [0, 0.1) is 0 Å². The van der Waals surface area contributed by atoms with Gasteiger partial charge in [0.15, 0.2) is 0 Å². The molecule has 1 atom stereocenters. The lowest BCUT2D eigenvalue weighted by molar-refractivity contribution is 0.0627. The lowest BCUT2D eigenvalue weighted by Crippen LogP contribution is -2.59. The van der Waals surface area contributed by atoms with Gasteiger partial charge in [-0.05, 0) is 38.6 Å². The van der Waals surface area contributed by atoms with Crippen LogP contribution in [0.15, 0.2) is 0 Å². The van der Waals surface area contributed by atoms with Crippen molar-refractivity contribution >= 4 is 6.03 Å². The van der Waals surface area contributed by atoms with Gasteiger partial charge in [-0.2, -0.15) is 0 Å². The highest BCUT2D eigenvalue weighted by atomic mass is 16.2. The Morgan fingerprint density at radius 2 is 1.88 bits per heavy atom. The molecule has 0 aromatic heterocycles. The smallest absolute Gasteiger partial charge is 0.317 e. The second-order valence-electron chi connectivity index (χ2n) is 5.71. The van der Waals surface area contributed by atoms with Crippen molar-refractivity contribution in [3.63, 3.8) is 0 Å². The van der Waals surface area contributed by atoms with Crippen molar-refractivity contribution in [3.8, 4) is 0 Å². The summed E-state index contributed by atoms with van der Waals surface area (Å²) in [5.41, 5.74) is 0. The first-order valence-electron chi connectivity index (χ1n) is 7.12. The normalized spacial score (nSPS) is 30.6. The number of piperazine rings is 1.